The molecule has 0 amide bonds. The lowest BCUT2D eigenvalue weighted by Gasteiger charge is -2.35. The van der Waals surface area contributed by atoms with E-state index in [-0.39, 0.29) is 24.3 Å². The summed E-state index contributed by atoms with van der Waals surface area (Å²) in [7, 11) is 0. The first-order valence-electron chi connectivity index (χ1n) is 6.23. The van der Waals surface area contributed by atoms with Crippen LogP contribution in [0.4, 0.5) is 4.39 Å². The van der Waals surface area contributed by atoms with Crippen molar-refractivity contribution in [1.29, 1.82) is 0 Å². The van der Waals surface area contributed by atoms with Crippen LogP contribution in [0.2, 0.25) is 5.02 Å². The number of piperazine rings is 1. The molecule has 19 heavy (non-hydrogen) atoms. The Hall–Kier alpha value is -0.610. The van der Waals surface area contributed by atoms with Crippen LogP contribution in [0.25, 0.3) is 0 Å². The molecular formula is C14H19Cl2FN2. The molecule has 1 aliphatic heterocycles. The zero-order valence-corrected chi connectivity index (χ0v) is 12.3. The van der Waals surface area contributed by atoms with E-state index in [0.717, 1.165) is 32.6 Å². The molecule has 1 fully saturated rings. The molecule has 0 bridgehead atoms. The molecule has 1 aliphatic rings. The summed E-state index contributed by atoms with van der Waals surface area (Å²) in [5.41, 5.74) is 0.709. The van der Waals surface area contributed by atoms with Crippen molar-refractivity contribution >= 4 is 24.0 Å². The Morgan fingerprint density at radius 1 is 1.42 bits per heavy atom. The highest BCUT2D eigenvalue weighted by atomic mass is 35.5. The van der Waals surface area contributed by atoms with Crippen LogP contribution in [-0.4, -0.2) is 31.1 Å². The standard InChI is InChI=1S/C14H18ClFN2.ClH/c1-2-3-14(18-8-6-17-7-9-18)12-5-4-11(15)10-13(12)16;/h2,4-5,10,14,17H,1,3,6-9H2;1H/t14-;/m1./s1. The van der Waals surface area contributed by atoms with Gasteiger partial charge in [0.1, 0.15) is 5.82 Å². The summed E-state index contributed by atoms with van der Waals surface area (Å²) >= 11 is 5.80. The summed E-state index contributed by atoms with van der Waals surface area (Å²) in [6.45, 7) is 7.53. The van der Waals surface area contributed by atoms with Crippen LogP contribution in [0.1, 0.15) is 18.0 Å². The monoisotopic (exact) mass is 304 g/mol. The first-order chi connectivity index (χ1) is 8.72. The summed E-state index contributed by atoms with van der Waals surface area (Å²) in [6, 6.07) is 4.98. The van der Waals surface area contributed by atoms with E-state index in [1.165, 1.54) is 6.07 Å². The highest BCUT2D eigenvalue weighted by Gasteiger charge is 2.23. The Balaban J connectivity index is 0.00000180. The van der Waals surface area contributed by atoms with Gasteiger partial charge in [0.25, 0.3) is 0 Å². The van der Waals surface area contributed by atoms with Crippen molar-refractivity contribution in [2.24, 2.45) is 0 Å². The Kier molecular flexibility index (Phi) is 6.80. The van der Waals surface area contributed by atoms with Crippen LogP contribution in [0.15, 0.2) is 30.9 Å². The number of hydrogen-bond donors (Lipinski definition) is 1. The van der Waals surface area contributed by atoms with Crippen LogP contribution >= 0.6 is 24.0 Å². The number of nitrogens with zero attached hydrogens (tertiary/aromatic N) is 1. The van der Waals surface area contributed by atoms with Crippen molar-refractivity contribution in [3.8, 4) is 0 Å². The van der Waals surface area contributed by atoms with E-state index in [2.05, 4.69) is 16.8 Å². The van der Waals surface area contributed by atoms with Crippen LogP contribution in [0.3, 0.4) is 0 Å². The predicted molar refractivity (Wildman–Crippen MR) is 80.7 cm³/mol. The molecule has 2 rings (SSSR count). The lowest BCUT2D eigenvalue weighted by Crippen LogP contribution is -2.45. The highest BCUT2D eigenvalue weighted by Crippen LogP contribution is 2.28. The molecule has 1 aromatic rings. The van der Waals surface area contributed by atoms with Crippen molar-refractivity contribution < 1.29 is 4.39 Å². The normalized spacial score (nSPS) is 17.6. The average molecular weight is 305 g/mol. The van der Waals surface area contributed by atoms with Gasteiger partial charge in [-0.3, -0.25) is 4.90 Å². The van der Waals surface area contributed by atoms with Gasteiger partial charge in [0, 0.05) is 42.8 Å². The van der Waals surface area contributed by atoms with Gasteiger partial charge >= 0.3 is 0 Å². The van der Waals surface area contributed by atoms with E-state index in [1.807, 2.05) is 6.08 Å². The van der Waals surface area contributed by atoms with E-state index in [9.17, 15) is 4.39 Å². The lowest BCUT2D eigenvalue weighted by atomic mass is 10.0. The van der Waals surface area contributed by atoms with Gasteiger partial charge in [0.15, 0.2) is 0 Å². The molecule has 1 atom stereocenters. The molecule has 0 radical (unpaired) electrons. The van der Waals surface area contributed by atoms with Gasteiger partial charge < -0.3 is 5.32 Å². The molecule has 5 heteroatoms. The Morgan fingerprint density at radius 2 is 2.11 bits per heavy atom. The maximum Gasteiger partial charge on any atom is 0.129 e. The van der Waals surface area contributed by atoms with E-state index in [0.29, 0.717) is 10.6 Å². The second-order valence-corrected chi connectivity index (χ2v) is 4.93. The van der Waals surface area contributed by atoms with Gasteiger partial charge in [0.05, 0.1) is 0 Å². The Labute approximate surface area is 125 Å². The number of benzene rings is 1. The molecule has 0 unspecified atom stereocenters. The minimum atomic E-state index is -0.229. The fraction of sp³-hybridized carbons (Fsp3) is 0.429. The van der Waals surface area contributed by atoms with Crippen LogP contribution in [0, 0.1) is 5.82 Å². The van der Waals surface area contributed by atoms with Crippen molar-refractivity contribution in [1.82, 2.24) is 10.2 Å². The second kappa shape index (κ2) is 7.85. The number of halogens is 3. The minimum Gasteiger partial charge on any atom is -0.314 e. The van der Waals surface area contributed by atoms with Crippen LogP contribution < -0.4 is 5.32 Å². The minimum absolute atomic E-state index is 0. The van der Waals surface area contributed by atoms with Gasteiger partial charge in [-0.15, -0.1) is 19.0 Å². The third-order valence-electron chi connectivity index (χ3n) is 3.30. The lowest BCUT2D eigenvalue weighted by molar-refractivity contribution is 0.171. The molecular weight excluding hydrogens is 286 g/mol. The smallest absolute Gasteiger partial charge is 0.129 e. The van der Waals surface area contributed by atoms with Gasteiger partial charge in [-0.1, -0.05) is 23.7 Å². The zero-order chi connectivity index (χ0) is 13.0. The largest absolute Gasteiger partial charge is 0.314 e. The molecule has 1 N–H and O–H groups in total. The maximum atomic E-state index is 14.0. The second-order valence-electron chi connectivity index (χ2n) is 4.49. The Morgan fingerprint density at radius 3 is 2.68 bits per heavy atom. The molecule has 0 aromatic heterocycles. The zero-order valence-electron chi connectivity index (χ0n) is 10.7. The van der Waals surface area contributed by atoms with Crippen molar-refractivity contribution in [2.45, 2.75) is 12.5 Å². The molecule has 1 aromatic carbocycles. The van der Waals surface area contributed by atoms with E-state index in [4.69, 9.17) is 11.6 Å². The predicted octanol–water partition coefficient (Wildman–Crippen LogP) is 3.42. The third kappa shape index (κ3) is 4.18. The number of rotatable bonds is 4. The van der Waals surface area contributed by atoms with Crippen molar-refractivity contribution in [3.63, 3.8) is 0 Å². The fourth-order valence-corrected chi connectivity index (χ4v) is 2.55. The van der Waals surface area contributed by atoms with Crippen molar-refractivity contribution in [2.75, 3.05) is 26.2 Å². The van der Waals surface area contributed by atoms with Crippen LogP contribution in [-0.2, 0) is 0 Å². The SMILES string of the molecule is C=CC[C@H](c1ccc(Cl)cc1F)N1CCNCC1.Cl. The number of nitrogens with one attached hydrogen (secondary N) is 1. The summed E-state index contributed by atoms with van der Waals surface area (Å²) in [5, 5.41) is 3.74. The van der Waals surface area contributed by atoms with Gasteiger partial charge in [-0.05, 0) is 18.6 Å². The first kappa shape index (κ1) is 16.4. The molecule has 2 nitrogen and oxygen atoms in total. The van der Waals surface area contributed by atoms with E-state index in [1.54, 1.807) is 12.1 Å². The van der Waals surface area contributed by atoms with Crippen molar-refractivity contribution in [3.05, 3.63) is 47.3 Å². The third-order valence-corrected chi connectivity index (χ3v) is 3.54. The molecule has 0 spiro atoms. The highest BCUT2D eigenvalue weighted by molar-refractivity contribution is 6.30. The van der Waals surface area contributed by atoms with Gasteiger partial charge in [0.2, 0.25) is 0 Å². The van der Waals surface area contributed by atoms with Gasteiger partial charge in [-0.25, -0.2) is 4.39 Å². The average Bonchev–Trinajstić information content (AvgIpc) is 2.38. The summed E-state index contributed by atoms with van der Waals surface area (Å²) in [5.74, 6) is -0.229. The molecule has 1 heterocycles. The Bertz CT molecular complexity index is 420. The first-order valence-corrected chi connectivity index (χ1v) is 6.61. The van der Waals surface area contributed by atoms with Gasteiger partial charge in [-0.2, -0.15) is 0 Å². The van der Waals surface area contributed by atoms with E-state index < -0.39 is 0 Å². The fourth-order valence-electron chi connectivity index (χ4n) is 2.40. The molecule has 1 saturated heterocycles. The number of hydrogen-bond acceptors (Lipinski definition) is 2. The van der Waals surface area contributed by atoms with E-state index >= 15 is 0 Å². The summed E-state index contributed by atoms with van der Waals surface area (Å²) in [4.78, 5) is 2.30. The molecule has 106 valence electrons. The quantitative estimate of drug-likeness (QED) is 0.858. The topological polar surface area (TPSA) is 15.3 Å². The summed E-state index contributed by atoms with van der Waals surface area (Å²) in [6.07, 6.45) is 2.60. The summed E-state index contributed by atoms with van der Waals surface area (Å²) < 4.78 is 14.0. The molecule has 0 aliphatic carbocycles. The van der Waals surface area contributed by atoms with Crippen LogP contribution in [0.5, 0.6) is 0 Å². The molecule has 0 saturated carbocycles. The maximum absolute atomic E-state index is 14.0.